The number of unbranched alkanes of at least 4 members (excludes halogenated alkanes) is 1. The van der Waals surface area contributed by atoms with Crippen LogP contribution in [0.4, 0.5) is 5.69 Å². The standard InChI is InChI=1S/C20H21ClN2O4S/c1-4-26-20(25)15(12-22)18-23(9-5-6-10-27-19(24)13(2)3)16-8-7-14(21)11-17(16)28-18/h7-8,11H,2,4-6,9-10H2,1,3H3/b18-15-. The van der Waals surface area contributed by atoms with Gasteiger partial charge in [-0.2, -0.15) is 5.26 Å². The summed E-state index contributed by atoms with van der Waals surface area (Å²) in [4.78, 5) is 26.4. The molecule has 2 rings (SSSR count). The maximum absolute atomic E-state index is 12.2. The van der Waals surface area contributed by atoms with Crippen LogP contribution in [0.3, 0.4) is 0 Å². The molecule has 8 heteroatoms. The first-order valence-electron chi connectivity index (χ1n) is 8.78. The molecule has 0 radical (unpaired) electrons. The molecular weight excluding hydrogens is 400 g/mol. The highest BCUT2D eigenvalue weighted by Crippen LogP contribution is 2.48. The van der Waals surface area contributed by atoms with E-state index in [2.05, 4.69) is 6.58 Å². The highest BCUT2D eigenvalue weighted by molar-refractivity contribution is 8.03. The summed E-state index contributed by atoms with van der Waals surface area (Å²) < 4.78 is 10.1. The predicted molar refractivity (Wildman–Crippen MR) is 109 cm³/mol. The summed E-state index contributed by atoms with van der Waals surface area (Å²) in [6, 6.07) is 7.40. The van der Waals surface area contributed by atoms with Crippen molar-refractivity contribution in [1.29, 1.82) is 5.26 Å². The van der Waals surface area contributed by atoms with E-state index in [-0.39, 0.29) is 18.8 Å². The van der Waals surface area contributed by atoms with Gasteiger partial charge in [0.05, 0.1) is 18.9 Å². The lowest BCUT2D eigenvalue weighted by atomic mass is 10.2. The third-order valence-electron chi connectivity index (χ3n) is 3.83. The highest BCUT2D eigenvalue weighted by Gasteiger charge is 2.31. The van der Waals surface area contributed by atoms with Crippen LogP contribution in [-0.4, -0.2) is 31.7 Å². The summed E-state index contributed by atoms with van der Waals surface area (Å²) in [5.74, 6) is -1.06. The molecule has 1 aromatic carbocycles. The number of rotatable bonds is 8. The molecule has 1 aliphatic rings. The number of halogens is 1. The van der Waals surface area contributed by atoms with E-state index in [9.17, 15) is 14.9 Å². The van der Waals surface area contributed by atoms with E-state index >= 15 is 0 Å². The van der Waals surface area contributed by atoms with E-state index in [1.165, 1.54) is 11.8 Å². The molecule has 0 bridgehead atoms. The van der Waals surface area contributed by atoms with Crippen molar-refractivity contribution in [3.05, 3.63) is 46.0 Å². The van der Waals surface area contributed by atoms with Gasteiger partial charge in [0.15, 0.2) is 5.57 Å². The smallest absolute Gasteiger partial charge is 0.351 e. The van der Waals surface area contributed by atoms with Gasteiger partial charge in [-0.15, -0.1) is 0 Å². The third kappa shape index (κ3) is 5.31. The summed E-state index contributed by atoms with van der Waals surface area (Å²) in [5.41, 5.74) is 1.20. The number of carbonyl (C=O) groups is 2. The minimum absolute atomic E-state index is 0.0344. The van der Waals surface area contributed by atoms with Crippen molar-refractivity contribution in [3.8, 4) is 6.07 Å². The van der Waals surface area contributed by atoms with Crippen LogP contribution in [0.15, 0.2) is 45.8 Å². The van der Waals surface area contributed by atoms with Crippen LogP contribution in [0.2, 0.25) is 5.02 Å². The lowest BCUT2D eigenvalue weighted by Gasteiger charge is -2.21. The summed E-state index contributed by atoms with van der Waals surface area (Å²) in [7, 11) is 0. The average molecular weight is 421 g/mol. The lowest BCUT2D eigenvalue weighted by molar-refractivity contribution is -0.139. The van der Waals surface area contributed by atoms with Crippen LogP contribution >= 0.6 is 23.4 Å². The summed E-state index contributed by atoms with van der Waals surface area (Å²) in [6.45, 7) is 7.85. The molecule has 0 spiro atoms. The Labute approximate surface area is 173 Å². The molecule has 1 heterocycles. The third-order valence-corrected chi connectivity index (χ3v) is 5.23. The number of anilines is 1. The molecular formula is C20H21ClN2O4S. The molecule has 148 valence electrons. The zero-order valence-corrected chi connectivity index (χ0v) is 17.4. The summed E-state index contributed by atoms with van der Waals surface area (Å²) in [5, 5.41) is 10.6. The Morgan fingerprint density at radius 2 is 2.04 bits per heavy atom. The molecule has 28 heavy (non-hydrogen) atoms. The fourth-order valence-electron chi connectivity index (χ4n) is 2.51. The number of fused-ring (bicyclic) bond motifs is 1. The van der Waals surface area contributed by atoms with Gasteiger partial charge >= 0.3 is 11.9 Å². The summed E-state index contributed by atoms with van der Waals surface area (Å²) in [6.07, 6.45) is 1.33. The van der Waals surface area contributed by atoms with E-state index in [1.807, 2.05) is 17.0 Å². The number of carbonyl (C=O) groups excluding carboxylic acids is 2. The molecule has 6 nitrogen and oxygen atoms in total. The van der Waals surface area contributed by atoms with Crippen LogP contribution < -0.4 is 4.90 Å². The fourth-order valence-corrected chi connectivity index (χ4v) is 3.96. The normalized spacial score (nSPS) is 14.1. The minimum atomic E-state index is -0.646. The monoisotopic (exact) mass is 420 g/mol. The molecule has 0 aliphatic carbocycles. The van der Waals surface area contributed by atoms with Gasteiger partial charge in [-0.1, -0.05) is 29.9 Å². The van der Waals surface area contributed by atoms with Crippen molar-refractivity contribution in [3.63, 3.8) is 0 Å². The lowest BCUT2D eigenvalue weighted by Crippen LogP contribution is -2.23. The Bertz CT molecular complexity index is 860. The first-order valence-corrected chi connectivity index (χ1v) is 9.97. The SMILES string of the molecule is C=C(C)C(=O)OCCCCN1/C(=C(\C#N)C(=O)OCC)Sc2cc(Cl)ccc21. The van der Waals surface area contributed by atoms with Crippen molar-refractivity contribution in [2.45, 2.75) is 31.6 Å². The highest BCUT2D eigenvalue weighted by atomic mass is 35.5. The molecule has 1 aliphatic heterocycles. The van der Waals surface area contributed by atoms with Crippen LogP contribution in [0.5, 0.6) is 0 Å². The predicted octanol–water partition coefficient (Wildman–Crippen LogP) is 4.45. The number of thioether (sulfide) groups is 1. The van der Waals surface area contributed by atoms with Crippen molar-refractivity contribution >= 4 is 41.0 Å². The van der Waals surface area contributed by atoms with E-state index < -0.39 is 11.9 Å². The van der Waals surface area contributed by atoms with Gasteiger partial charge in [-0.05, 0) is 44.9 Å². The van der Waals surface area contributed by atoms with Crippen LogP contribution in [0.1, 0.15) is 26.7 Å². The first kappa shape index (κ1) is 21.9. The zero-order chi connectivity index (χ0) is 20.7. The molecule has 0 aromatic heterocycles. The van der Waals surface area contributed by atoms with E-state index in [0.29, 0.717) is 35.0 Å². The first-order chi connectivity index (χ1) is 13.4. The van der Waals surface area contributed by atoms with Crippen LogP contribution in [0, 0.1) is 11.3 Å². The maximum atomic E-state index is 12.2. The van der Waals surface area contributed by atoms with Gasteiger partial charge in [-0.3, -0.25) is 0 Å². The number of nitriles is 1. The van der Waals surface area contributed by atoms with Crippen molar-refractivity contribution in [1.82, 2.24) is 0 Å². The second-order valence-electron chi connectivity index (χ2n) is 6.00. The van der Waals surface area contributed by atoms with Gasteiger partial charge < -0.3 is 14.4 Å². The van der Waals surface area contributed by atoms with Gasteiger partial charge in [0.2, 0.25) is 0 Å². The molecule has 0 atom stereocenters. The molecule has 0 saturated carbocycles. The fraction of sp³-hybridized carbons (Fsp3) is 0.350. The Kier molecular flexibility index (Phi) is 7.97. The molecule has 1 aromatic rings. The second kappa shape index (κ2) is 10.2. The number of benzene rings is 1. The van der Waals surface area contributed by atoms with E-state index in [1.54, 1.807) is 26.0 Å². The maximum Gasteiger partial charge on any atom is 0.351 e. The largest absolute Gasteiger partial charge is 0.462 e. The van der Waals surface area contributed by atoms with Gasteiger partial charge in [0, 0.05) is 22.0 Å². The second-order valence-corrected chi connectivity index (χ2v) is 7.47. The molecule has 0 fully saturated rings. The van der Waals surface area contributed by atoms with E-state index in [0.717, 1.165) is 10.6 Å². The Hall–Kier alpha value is -2.43. The molecule has 0 amide bonds. The van der Waals surface area contributed by atoms with Crippen LogP contribution in [-0.2, 0) is 19.1 Å². The summed E-state index contributed by atoms with van der Waals surface area (Å²) >= 11 is 7.40. The van der Waals surface area contributed by atoms with Gasteiger partial charge in [-0.25, -0.2) is 9.59 Å². The van der Waals surface area contributed by atoms with Crippen molar-refractivity contribution in [2.75, 3.05) is 24.7 Å². The average Bonchev–Trinajstić information content (AvgIpc) is 2.99. The number of ether oxygens (including phenoxy) is 2. The van der Waals surface area contributed by atoms with Crippen LogP contribution in [0.25, 0.3) is 0 Å². The van der Waals surface area contributed by atoms with Crippen molar-refractivity contribution in [2.24, 2.45) is 0 Å². The number of hydrogen-bond donors (Lipinski definition) is 0. The number of esters is 2. The minimum Gasteiger partial charge on any atom is -0.462 e. The van der Waals surface area contributed by atoms with Crippen molar-refractivity contribution < 1.29 is 19.1 Å². The molecule has 0 N–H and O–H groups in total. The van der Waals surface area contributed by atoms with Gasteiger partial charge in [0.25, 0.3) is 0 Å². The topological polar surface area (TPSA) is 79.6 Å². The number of nitrogens with zero attached hydrogens (tertiary/aromatic N) is 2. The molecule has 0 unspecified atom stereocenters. The van der Waals surface area contributed by atoms with Gasteiger partial charge in [0.1, 0.15) is 11.1 Å². The van der Waals surface area contributed by atoms with E-state index in [4.69, 9.17) is 21.1 Å². The zero-order valence-electron chi connectivity index (χ0n) is 15.8. The Morgan fingerprint density at radius 1 is 1.29 bits per heavy atom. The number of hydrogen-bond acceptors (Lipinski definition) is 7. The Morgan fingerprint density at radius 3 is 2.68 bits per heavy atom. The Balaban J connectivity index is 2.17. The molecule has 0 saturated heterocycles. The quantitative estimate of drug-likeness (QED) is 0.266.